The van der Waals surface area contributed by atoms with Crippen molar-refractivity contribution < 1.29 is 10.2 Å². The smallest absolute Gasteiger partial charge is 0.184 e. The molecular formula is C40H42N10O2S2. The fraction of sp³-hybridized carbons (Fsp3) is 0.350. The normalized spacial score (nSPS) is 20.3. The van der Waals surface area contributed by atoms with Gasteiger partial charge in [0.25, 0.3) is 0 Å². The Balaban J connectivity index is 0.000000142. The molecule has 0 saturated heterocycles. The Hall–Kier alpha value is -5.02. The van der Waals surface area contributed by atoms with Crippen molar-refractivity contribution in [2.75, 3.05) is 10.6 Å². The van der Waals surface area contributed by atoms with E-state index in [4.69, 9.17) is 9.97 Å². The number of hydrogen-bond acceptors (Lipinski definition) is 12. The Morgan fingerprint density at radius 3 is 1.50 bits per heavy atom. The van der Waals surface area contributed by atoms with Crippen LogP contribution < -0.4 is 10.6 Å². The standard InChI is InChI=1S/2C20H21N5OS/c2*26-17-6-2-1-4-14(17)23-20-24-15-8-7-13(10-18(15)27-20)11-25-12-22-16-5-3-9-21-19(16)25/h2*3,5,7-10,12,14,17,26H,1-2,4,6,11H2,(H,23,24)/t14-,17-;/m1./s1. The SMILES string of the molecule is OC1CCCCC1Nc1nc2ccc(Cn3cnc4cccnc43)cc2s1.O[C@@H]1CCCC[C@H]1Nc1nc2ccc(Cn3cnc4cccnc43)cc2s1. The summed E-state index contributed by atoms with van der Waals surface area (Å²) in [6.45, 7) is 1.46. The summed E-state index contributed by atoms with van der Waals surface area (Å²) >= 11 is 3.30. The van der Waals surface area contributed by atoms with E-state index in [9.17, 15) is 10.2 Å². The zero-order valence-corrected chi connectivity index (χ0v) is 31.4. The minimum Gasteiger partial charge on any atom is -0.391 e. The lowest BCUT2D eigenvalue weighted by Crippen LogP contribution is -2.36. The van der Waals surface area contributed by atoms with Crippen molar-refractivity contribution in [3.63, 3.8) is 0 Å². The van der Waals surface area contributed by atoms with Crippen molar-refractivity contribution in [3.05, 3.63) is 96.8 Å². The Labute approximate surface area is 320 Å². The van der Waals surface area contributed by atoms with Crippen molar-refractivity contribution in [1.29, 1.82) is 0 Å². The molecule has 54 heavy (non-hydrogen) atoms. The highest BCUT2D eigenvalue weighted by atomic mass is 32.1. The molecule has 0 aliphatic heterocycles. The molecule has 6 aromatic heterocycles. The number of aromatic nitrogens is 8. The number of anilines is 2. The van der Waals surface area contributed by atoms with E-state index < -0.39 is 0 Å². The second-order valence-electron chi connectivity index (χ2n) is 14.3. The second-order valence-corrected chi connectivity index (χ2v) is 16.3. The predicted molar refractivity (Wildman–Crippen MR) is 216 cm³/mol. The molecule has 4 N–H and O–H groups in total. The van der Waals surface area contributed by atoms with Gasteiger partial charge in [-0.3, -0.25) is 0 Å². The molecule has 2 saturated carbocycles. The van der Waals surface area contributed by atoms with E-state index in [1.165, 1.54) is 11.1 Å². The van der Waals surface area contributed by atoms with Crippen LogP contribution in [0.5, 0.6) is 0 Å². The molecule has 8 aromatic rings. The predicted octanol–water partition coefficient (Wildman–Crippen LogP) is 7.61. The Kier molecular flexibility index (Phi) is 9.89. The van der Waals surface area contributed by atoms with Gasteiger partial charge in [0.15, 0.2) is 21.6 Å². The third kappa shape index (κ3) is 7.51. The first-order valence-electron chi connectivity index (χ1n) is 18.7. The number of imidazole rings is 2. The molecule has 4 atom stereocenters. The summed E-state index contributed by atoms with van der Waals surface area (Å²) < 4.78 is 6.43. The maximum atomic E-state index is 10.2. The summed E-state index contributed by atoms with van der Waals surface area (Å²) in [4.78, 5) is 27.1. The van der Waals surface area contributed by atoms with Crippen LogP contribution in [0, 0.1) is 0 Å². The number of pyridine rings is 2. The Bertz CT molecular complexity index is 2350. The fourth-order valence-corrected chi connectivity index (χ4v) is 9.54. The second kappa shape index (κ2) is 15.4. The minimum absolute atomic E-state index is 0.113. The molecular weight excluding hydrogens is 717 g/mol. The molecule has 2 fully saturated rings. The van der Waals surface area contributed by atoms with Gasteiger partial charge in [0.05, 0.1) is 70.5 Å². The molecule has 0 bridgehead atoms. The zero-order chi connectivity index (χ0) is 36.4. The van der Waals surface area contributed by atoms with Crippen LogP contribution in [0.25, 0.3) is 42.8 Å². The monoisotopic (exact) mass is 758 g/mol. The molecule has 276 valence electrons. The van der Waals surface area contributed by atoms with Gasteiger partial charge in [0.2, 0.25) is 0 Å². The first-order chi connectivity index (χ1) is 26.5. The number of rotatable bonds is 8. The van der Waals surface area contributed by atoms with Gasteiger partial charge in [0.1, 0.15) is 11.0 Å². The fourth-order valence-electron chi connectivity index (χ4n) is 7.55. The van der Waals surface area contributed by atoms with Crippen molar-refractivity contribution >= 4 is 75.7 Å². The summed E-state index contributed by atoms with van der Waals surface area (Å²) in [6.07, 6.45) is 15.0. The molecule has 2 aromatic carbocycles. The molecule has 0 amide bonds. The van der Waals surface area contributed by atoms with Crippen LogP contribution in [-0.4, -0.2) is 73.5 Å². The van der Waals surface area contributed by atoms with Crippen LogP contribution in [0.15, 0.2) is 85.7 Å². The molecule has 2 aliphatic rings. The number of aliphatic hydroxyl groups excluding tert-OH is 2. The molecule has 0 spiro atoms. The quantitative estimate of drug-likeness (QED) is 0.122. The van der Waals surface area contributed by atoms with Crippen LogP contribution in [0.2, 0.25) is 0 Å². The van der Waals surface area contributed by atoms with Gasteiger partial charge in [-0.05, 0) is 85.3 Å². The average molecular weight is 759 g/mol. The number of fused-ring (bicyclic) bond motifs is 4. The van der Waals surface area contributed by atoms with Crippen LogP contribution >= 0.6 is 22.7 Å². The molecule has 12 nitrogen and oxygen atoms in total. The highest BCUT2D eigenvalue weighted by Crippen LogP contribution is 2.32. The van der Waals surface area contributed by atoms with E-state index in [0.29, 0.717) is 0 Å². The first-order valence-corrected chi connectivity index (χ1v) is 20.4. The number of hydrogen-bond donors (Lipinski definition) is 4. The van der Waals surface area contributed by atoms with E-state index in [1.54, 1.807) is 35.1 Å². The van der Waals surface area contributed by atoms with Gasteiger partial charge in [-0.1, -0.05) is 60.5 Å². The number of nitrogens with one attached hydrogen (secondary N) is 2. The van der Waals surface area contributed by atoms with E-state index >= 15 is 0 Å². The number of thiazole rings is 2. The lowest BCUT2D eigenvalue weighted by Gasteiger charge is -2.27. The van der Waals surface area contributed by atoms with Crippen LogP contribution in [-0.2, 0) is 13.1 Å². The summed E-state index contributed by atoms with van der Waals surface area (Å²) in [5, 5.41) is 29.0. The zero-order valence-electron chi connectivity index (χ0n) is 29.8. The van der Waals surface area contributed by atoms with Gasteiger partial charge >= 0.3 is 0 Å². The van der Waals surface area contributed by atoms with E-state index in [0.717, 1.165) is 117 Å². The van der Waals surface area contributed by atoms with Gasteiger partial charge in [-0.2, -0.15) is 0 Å². The van der Waals surface area contributed by atoms with Crippen LogP contribution in [0.4, 0.5) is 10.3 Å². The number of aliphatic hydroxyl groups is 2. The lowest BCUT2D eigenvalue weighted by atomic mass is 9.93. The number of nitrogens with zero attached hydrogens (tertiary/aromatic N) is 8. The Morgan fingerprint density at radius 2 is 1.04 bits per heavy atom. The van der Waals surface area contributed by atoms with Crippen molar-refractivity contribution in [2.45, 2.75) is 88.7 Å². The molecule has 6 heterocycles. The third-order valence-electron chi connectivity index (χ3n) is 10.4. The molecule has 2 aliphatic carbocycles. The van der Waals surface area contributed by atoms with E-state index in [-0.39, 0.29) is 24.3 Å². The highest BCUT2D eigenvalue weighted by molar-refractivity contribution is 7.22. The topological polar surface area (TPSA) is 152 Å². The maximum Gasteiger partial charge on any atom is 0.184 e. The van der Waals surface area contributed by atoms with Crippen molar-refractivity contribution in [3.8, 4) is 0 Å². The Morgan fingerprint density at radius 1 is 0.574 bits per heavy atom. The van der Waals surface area contributed by atoms with E-state index in [2.05, 4.69) is 76.1 Å². The van der Waals surface area contributed by atoms with E-state index in [1.807, 2.05) is 36.9 Å². The maximum absolute atomic E-state index is 10.2. The summed E-state index contributed by atoms with van der Waals surface area (Å²) in [5.41, 5.74) is 7.99. The van der Waals surface area contributed by atoms with Gasteiger partial charge in [-0.25, -0.2) is 29.9 Å². The number of benzene rings is 2. The molecule has 10 rings (SSSR count). The minimum atomic E-state index is -0.275. The average Bonchev–Trinajstić information content (AvgIpc) is 3.99. The largest absolute Gasteiger partial charge is 0.391 e. The molecule has 2 unspecified atom stereocenters. The van der Waals surface area contributed by atoms with Gasteiger partial charge in [0, 0.05) is 12.4 Å². The van der Waals surface area contributed by atoms with Crippen LogP contribution in [0.1, 0.15) is 62.5 Å². The first kappa shape index (κ1) is 34.7. The lowest BCUT2D eigenvalue weighted by molar-refractivity contribution is 0.116. The third-order valence-corrected chi connectivity index (χ3v) is 12.3. The van der Waals surface area contributed by atoms with Crippen LogP contribution in [0.3, 0.4) is 0 Å². The molecule has 0 radical (unpaired) electrons. The van der Waals surface area contributed by atoms with Crippen molar-refractivity contribution in [1.82, 2.24) is 39.0 Å². The summed E-state index contributed by atoms with van der Waals surface area (Å²) in [7, 11) is 0. The molecule has 14 heteroatoms. The van der Waals surface area contributed by atoms with Gasteiger partial charge in [-0.15, -0.1) is 0 Å². The highest BCUT2D eigenvalue weighted by Gasteiger charge is 2.25. The van der Waals surface area contributed by atoms with Crippen molar-refractivity contribution in [2.24, 2.45) is 0 Å². The summed E-state index contributed by atoms with van der Waals surface area (Å²) in [6, 6.07) is 20.7. The van der Waals surface area contributed by atoms with Gasteiger partial charge < -0.3 is 30.0 Å². The summed E-state index contributed by atoms with van der Waals surface area (Å²) in [5.74, 6) is 0.